The first-order valence-electron chi connectivity index (χ1n) is 4.73. The van der Waals surface area contributed by atoms with E-state index in [9.17, 15) is 4.79 Å². The lowest BCUT2D eigenvalue weighted by molar-refractivity contribution is 0.111. The summed E-state index contributed by atoms with van der Waals surface area (Å²) in [5.74, 6) is 2.43. The predicted molar refractivity (Wildman–Crippen MR) is 61.4 cm³/mol. The smallest absolute Gasteiger partial charge is 0.169 e. The fourth-order valence-corrected chi connectivity index (χ4v) is 4.03. The summed E-state index contributed by atoms with van der Waals surface area (Å²) in [6, 6.07) is 0. The molecule has 14 heavy (non-hydrogen) atoms. The van der Waals surface area contributed by atoms with E-state index in [-0.39, 0.29) is 5.41 Å². The van der Waals surface area contributed by atoms with Gasteiger partial charge in [0.25, 0.3) is 0 Å². The van der Waals surface area contributed by atoms with E-state index in [4.69, 9.17) is 0 Å². The van der Waals surface area contributed by atoms with Crippen LogP contribution in [0.2, 0.25) is 0 Å². The molecule has 76 valence electrons. The van der Waals surface area contributed by atoms with E-state index in [0.29, 0.717) is 5.69 Å². The Labute approximate surface area is 92.1 Å². The van der Waals surface area contributed by atoms with Gasteiger partial charge < -0.3 is 0 Å². The molecule has 4 heteroatoms. The largest absolute Gasteiger partial charge is 0.296 e. The lowest BCUT2D eigenvalue weighted by Crippen LogP contribution is -2.27. The Balaban J connectivity index is 2.23. The number of thioether (sulfide) groups is 1. The van der Waals surface area contributed by atoms with Crippen LogP contribution in [0.5, 0.6) is 0 Å². The van der Waals surface area contributed by atoms with Gasteiger partial charge in [-0.1, -0.05) is 6.92 Å². The number of aldehydes is 1. The molecule has 1 aliphatic rings. The number of thiazole rings is 1. The first-order valence-corrected chi connectivity index (χ1v) is 6.77. The molecule has 1 fully saturated rings. The van der Waals surface area contributed by atoms with Gasteiger partial charge >= 0.3 is 0 Å². The van der Waals surface area contributed by atoms with Crippen LogP contribution in [0.4, 0.5) is 0 Å². The van der Waals surface area contributed by atoms with Crippen LogP contribution >= 0.6 is 23.1 Å². The van der Waals surface area contributed by atoms with Crippen molar-refractivity contribution in [2.45, 2.75) is 25.2 Å². The number of aromatic nitrogens is 1. The molecule has 0 bridgehead atoms. The molecule has 0 atom stereocenters. The minimum absolute atomic E-state index is 0.219. The second-order valence-electron chi connectivity index (χ2n) is 3.87. The maximum absolute atomic E-state index is 10.5. The molecule has 1 saturated heterocycles. The lowest BCUT2D eigenvalue weighted by Gasteiger charge is -2.31. The van der Waals surface area contributed by atoms with Gasteiger partial charge in [-0.3, -0.25) is 4.79 Å². The molecule has 0 aromatic carbocycles. The fourth-order valence-electron chi connectivity index (χ4n) is 1.65. The summed E-state index contributed by atoms with van der Waals surface area (Å²) in [6.07, 6.45) is 3.20. The van der Waals surface area contributed by atoms with E-state index in [2.05, 4.69) is 11.9 Å². The number of carbonyl (C=O) groups excluding carboxylic acids is 1. The monoisotopic (exact) mass is 227 g/mol. The zero-order valence-electron chi connectivity index (χ0n) is 8.16. The van der Waals surface area contributed by atoms with Gasteiger partial charge in [0, 0.05) is 10.8 Å². The first kappa shape index (κ1) is 10.2. The van der Waals surface area contributed by atoms with E-state index in [1.54, 1.807) is 11.3 Å². The van der Waals surface area contributed by atoms with Crippen LogP contribution in [0.1, 0.15) is 35.3 Å². The van der Waals surface area contributed by atoms with Crippen molar-refractivity contribution >= 4 is 29.4 Å². The summed E-state index contributed by atoms with van der Waals surface area (Å²) in [7, 11) is 0. The Hall–Kier alpha value is -0.350. The highest BCUT2D eigenvalue weighted by molar-refractivity contribution is 7.99. The van der Waals surface area contributed by atoms with E-state index in [0.717, 1.165) is 11.3 Å². The summed E-state index contributed by atoms with van der Waals surface area (Å²) in [4.78, 5) is 14.9. The Morgan fingerprint density at radius 1 is 1.50 bits per heavy atom. The molecular weight excluding hydrogens is 214 g/mol. The summed E-state index contributed by atoms with van der Waals surface area (Å²) in [5.41, 5.74) is 0.807. The molecule has 0 radical (unpaired) electrons. The van der Waals surface area contributed by atoms with Crippen molar-refractivity contribution in [3.63, 3.8) is 0 Å². The number of hydrogen-bond acceptors (Lipinski definition) is 4. The van der Waals surface area contributed by atoms with Crippen LogP contribution in [-0.4, -0.2) is 22.8 Å². The van der Waals surface area contributed by atoms with Crippen molar-refractivity contribution in [1.82, 2.24) is 4.98 Å². The lowest BCUT2D eigenvalue weighted by atomic mass is 9.85. The molecule has 1 aromatic rings. The molecule has 0 aliphatic carbocycles. The summed E-state index contributed by atoms with van der Waals surface area (Å²) >= 11 is 3.64. The Bertz CT molecular complexity index is 329. The molecule has 0 saturated carbocycles. The second-order valence-corrected chi connectivity index (χ2v) is 5.95. The zero-order chi connectivity index (χ0) is 10.0. The maximum Gasteiger partial charge on any atom is 0.169 e. The molecule has 0 amide bonds. The number of rotatable bonds is 2. The summed E-state index contributed by atoms with van der Waals surface area (Å²) in [5, 5.41) is 3.00. The standard InChI is InChI=1S/C10H13NOS2/c1-10(2-4-13-5-3-10)9-11-8(6-12)7-14-9/h6-7H,2-5H2,1H3. The van der Waals surface area contributed by atoms with E-state index < -0.39 is 0 Å². The summed E-state index contributed by atoms with van der Waals surface area (Å²) < 4.78 is 0. The number of carbonyl (C=O) groups is 1. The average Bonchev–Trinajstić information content (AvgIpc) is 2.67. The molecule has 2 rings (SSSR count). The molecule has 2 nitrogen and oxygen atoms in total. The molecule has 0 unspecified atom stereocenters. The van der Waals surface area contributed by atoms with Gasteiger partial charge in [-0.05, 0) is 24.3 Å². The van der Waals surface area contributed by atoms with Crippen LogP contribution in [-0.2, 0) is 5.41 Å². The van der Waals surface area contributed by atoms with Gasteiger partial charge in [-0.15, -0.1) is 11.3 Å². The average molecular weight is 227 g/mol. The van der Waals surface area contributed by atoms with Crippen LogP contribution in [0.25, 0.3) is 0 Å². The van der Waals surface area contributed by atoms with Crippen molar-refractivity contribution in [2.24, 2.45) is 0 Å². The topological polar surface area (TPSA) is 30.0 Å². The van der Waals surface area contributed by atoms with Crippen molar-refractivity contribution < 1.29 is 4.79 Å². The first-order chi connectivity index (χ1) is 6.74. The highest BCUT2D eigenvalue weighted by Crippen LogP contribution is 2.38. The Kier molecular flexibility index (Phi) is 2.93. The third kappa shape index (κ3) is 1.86. The SMILES string of the molecule is CC1(c2nc(C=O)cs2)CCSCC1. The van der Waals surface area contributed by atoms with Gasteiger partial charge in [-0.2, -0.15) is 11.8 Å². The molecule has 2 heterocycles. The van der Waals surface area contributed by atoms with Crippen LogP contribution in [0.3, 0.4) is 0 Å². The highest BCUT2D eigenvalue weighted by atomic mass is 32.2. The fraction of sp³-hybridized carbons (Fsp3) is 0.600. The van der Waals surface area contributed by atoms with Crippen LogP contribution in [0.15, 0.2) is 5.38 Å². The van der Waals surface area contributed by atoms with E-state index >= 15 is 0 Å². The quantitative estimate of drug-likeness (QED) is 0.728. The van der Waals surface area contributed by atoms with Crippen molar-refractivity contribution in [3.8, 4) is 0 Å². The van der Waals surface area contributed by atoms with Gasteiger partial charge in [0.05, 0.1) is 5.01 Å². The van der Waals surface area contributed by atoms with Crippen LogP contribution < -0.4 is 0 Å². The molecule has 0 N–H and O–H groups in total. The van der Waals surface area contributed by atoms with Crippen molar-refractivity contribution in [3.05, 3.63) is 16.1 Å². The number of hydrogen-bond donors (Lipinski definition) is 0. The Morgan fingerprint density at radius 2 is 2.21 bits per heavy atom. The van der Waals surface area contributed by atoms with Crippen molar-refractivity contribution in [1.29, 1.82) is 0 Å². The number of nitrogens with zero attached hydrogens (tertiary/aromatic N) is 1. The second kappa shape index (κ2) is 4.03. The van der Waals surface area contributed by atoms with Crippen molar-refractivity contribution in [2.75, 3.05) is 11.5 Å². The van der Waals surface area contributed by atoms with Gasteiger partial charge in [0.15, 0.2) is 6.29 Å². The van der Waals surface area contributed by atoms with Crippen LogP contribution in [0, 0.1) is 0 Å². The minimum Gasteiger partial charge on any atom is -0.296 e. The highest BCUT2D eigenvalue weighted by Gasteiger charge is 2.31. The molecule has 1 aliphatic heterocycles. The maximum atomic E-state index is 10.5. The van der Waals surface area contributed by atoms with Gasteiger partial charge in [0.2, 0.25) is 0 Å². The third-order valence-electron chi connectivity index (χ3n) is 2.76. The molecular formula is C10H13NOS2. The molecule has 1 aromatic heterocycles. The summed E-state index contributed by atoms with van der Waals surface area (Å²) in [6.45, 7) is 2.26. The third-order valence-corrected chi connectivity index (χ3v) is 4.91. The molecule has 0 spiro atoms. The predicted octanol–water partition coefficient (Wildman–Crippen LogP) is 2.74. The van der Waals surface area contributed by atoms with Gasteiger partial charge in [0.1, 0.15) is 5.69 Å². The van der Waals surface area contributed by atoms with Gasteiger partial charge in [-0.25, -0.2) is 4.98 Å². The van der Waals surface area contributed by atoms with E-state index in [1.165, 1.54) is 24.3 Å². The van der Waals surface area contributed by atoms with E-state index in [1.807, 2.05) is 17.1 Å². The normalized spacial score (nSPS) is 20.6. The zero-order valence-corrected chi connectivity index (χ0v) is 9.79. The Morgan fingerprint density at radius 3 is 2.79 bits per heavy atom. The minimum atomic E-state index is 0.219.